The normalized spacial score (nSPS) is 10.6. The molecule has 2 rings (SSSR count). The van der Waals surface area contributed by atoms with Crippen molar-refractivity contribution >= 4 is 21.9 Å². The second-order valence-corrected chi connectivity index (χ2v) is 5.52. The molecule has 2 aromatic rings. The molecule has 4 heteroatoms. The van der Waals surface area contributed by atoms with E-state index in [1.165, 1.54) is 5.56 Å². The van der Waals surface area contributed by atoms with Gasteiger partial charge in [-0.05, 0) is 42.7 Å². The van der Waals surface area contributed by atoms with E-state index >= 15 is 0 Å². The molecule has 1 aromatic heterocycles. The van der Waals surface area contributed by atoms with Crippen molar-refractivity contribution in [3.63, 3.8) is 0 Å². The molecule has 1 aromatic carbocycles. The predicted octanol–water partition coefficient (Wildman–Crippen LogP) is 4.09. The van der Waals surface area contributed by atoms with E-state index in [9.17, 15) is 4.79 Å². The van der Waals surface area contributed by atoms with E-state index in [1.807, 2.05) is 12.1 Å². The zero-order valence-electron chi connectivity index (χ0n) is 10.8. The van der Waals surface area contributed by atoms with Crippen LogP contribution >= 0.6 is 15.9 Å². The molecule has 0 aliphatic carbocycles. The Morgan fingerprint density at radius 1 is 1.32 bits per heavy atom. The van der Waals surface area contributed by atoms with Gasteiger partial charge in [0, 0.05) is 29.3 Å². The molecule has 0 bridgehead atoms. The summed E-state index contributed by atoms with van der Waals surface area (Å²) in [6.45, 7) is 2.78. The molecular weight excluding hydrogens is 306 g/mol. The quantitative estimate of drug-likeness (QED) is 0.901. The van der Waals surface area contributed by atoms with Gasteiger partial charge in [0.05, 0.1) is 0 Å². The molecule has 0 radical (unpaired) electrons. The maximum Gasteiger partial charge on any atom is 0.303 e. The van der Waals surface area contributed by atoms with Gasteiger partial charge in [-0.2, -0.15) is 0 Å². The third-order valence-corrected chi connectivity index (χ3v) is 3.49. The first-order valence-electron chi connectivity index (χ1n) is 6.21. The molecule has 1 heterocycles. The number of aryl methyl sites for hydroxylation is 2. The second kappa shape index (κ2) is 6.06. The number of aromatic nitrogens is 1. The summed E-state index contributed by atoms with van der Waals surface area (Å²) < 4.78 is 3.18. The van der Waals surface area contributed by atoms with Crippen molar-refractivity contribution in [1.82, 2.24) is 4.57 Å². The van der Waals surface area contributed by atoms with E-state index in [-0.39, 0.29) is 6.42 Å². The SMILES string of the molecule is Cc1cc(-c2ccc(Br)cc2)n(CCCC(=O)O)c1. The smallest absolute Gasteiger partial charge is 0.303 e. The summed E-state index contributed by atoms with van der Waals surface area (Å²) in [5, 5.41) is 8.70. The number of aliphatic carboxylic acids is 1. The average molecular weight is 322 g/mol. The predicted molar refractivity (Wildman–Crippen MR) is 79.2 cm³/mol. The Balaban J connectivity index is 2.20. The van der Waals surface area contributed by atoms with Crippen LogP contribution in [0.5, 0.6) is 0 Å². The van der Waals surface area contributed by atoms with Gasteiger partial charge in [-0.25, -0.2) is 0 Å². The highest BCUT2D eigenvalue weighted by atomic mass is 79.9. The summed E-state index contributed by atoms with van der Waals surface area (Å²) in [4.78, 5) is 10.6. The van der Waals surface area contributed by atoms with Crippen LogP contribution in [0.2, 0.25) is 0 Å². The Morgan fingerprint density at radius 3 is 2.63 bits per heavy atom. The molecule has 0 aliphatic heterocycles. The number of carboxylic acid groups (broad SMARTS) is 1. The van der Waals surface area contributed by atoms with Crippen LogP contribution < -0.4 is 0 Å². The van der Waals surface area contributed by atoms with Crippen LogP contribution in [0.1, 0.15) is 18.4 Å². The number of rotatable bonds is 5. The fraction of sp³-hybridized carbons (Fsp3) is 0.267. The van der Waals surface area contributed by atoms with Gasteiger partial charge in [0.1, 0.15) is 0 Å². The molecule has 0 amide bonds. The molecule has 19 heavy (non-hydrogen) atoms. The summed E-state index contributed by atoms with van der Waals surface area (Å²) in [5.74, 6) is -0.742. The topological polar surface area (TPSA) is 42.2 Å². The molecule has 100 valence electrons. The van der Waals surface area contributed by atoms with Gasteiger partial charge in [-0.3, -0.25) is 4.79 Å². The third-order valence-electron chi connectivity index (χ3n) is 2.96. The fourth-order valence-corrected chi connectivity index (χ4v) is 2.37. The highest BCUT2D eigenvalue weighted by molar-refractivity contribution is 9.10. The lowest BCUT2D eigenvalue weighted by molar-refractivity contribution is -0.137. The zero-order chi connectivity index (χ0) is 13.8. The van der Waals surface area contributed by atoms with Crippen LogP contribution in [0.15, 0.2) is 41.0 Å². The summed E-state index contributed by atoms with van der Waals surface area (Å²) >= 11 is 3.43. The molecule has 0 atom stereocenters. The first-order valence-corrected chi connectivity index (χ1v) is 7.00. The Bertz CT molecular complexity index is 572. The Morgan fingerprint density at radius 2 is 2.00 bits per heavy atom. The average Bonchev–Trinajstić information content (AvgIpc) is 2.71. The van der Waals surface area contributed by atoms with E-state index in [0.717, 1.165) is 22.3 Å². The number of carboxylic acids is 1. The zero-order valence-corrected chi connectivity index (χ0v) is 12.4. The minimum Gasteiger partial charge on any atom is -0.481 e. The minimum absolute atomic E-state index is 0.205. The molecule has 0 aliphatic rings. The molecular formula is C15H16BrNO2. The first kappa shape index (κ1) is 13.9. The van der Waals surface area contributed by atoms with Crippen LogP contribution in [0, 0.1) is 6.92 Å². The van der Waals surface area contributed by atoms with Crippen LogP contribution in [0.4, 0.5) is 0 Å². The van der Waals surface area contributed by atoms with Gasteiger partial charge in [0.25, 0.3) is 0 Å². The molecule has 0 spiro atoms. The van der Waals surface area contributed by atoms with Crippen molar-refractivity contribution in [2.45, 2.75) is 26.3 Å². The van der Waals surface area contributed by atoms with Gasteiger partial charge in [-0.15, -0.1) is 0 Å². The number of halogens is 1. The molecule has 0 fully saturated rings. The molecule has 0 saturated carbocycles. The van der Waals surface area contributed by atoms with Gasteiger partial charge in [0.15, 0.2) is 0 Å². The van der Waals surface area contributed by atoms with E-state index in [4.69, 9.17) is 5.11 Å². The van der Waals surface area contributed by atoms with Crippen LogP contribution in [-0.2, 0) is 11.3 Å². The minimum atomic E-state index is -0.742. The number of nitrogens with zero attached hydrogens (tertiary/aromatic N) is 1. The summed E-state index contributed by atoms with van der Waals surface area (Å²) in [6.07, 6.45) is 2.92. The van der Waals surface area contributed by atoms with E-state index < -0.39 is 5.97 Å². The summed E-state index contributed by atoms with van der Waals surface area (Å²) in [6, 6.07) is 10.3. The van der Waals surface area contributed by atoms with Crippen molar-refractivity contribution < 1.29 is 9.90 Å². The Hall–Kier alpha value is -1.55. The monoisotopic (exact) mass is 321 g/mol. The largest absolute Gasteiger partial charge is 0.481 e. The molecule has 0 saturated heterocycles. The molecule has 1 N–H and O–H groups in total. The van der Waals surface area contributed by atoms with Crippen LogP contribution in [0.25, 0.3) is 11.3 Å². The van der Waals surface area contributed by atoms with E-state index in [1.54, 1.807) is 0 Å². The van der Waals surface area contributed by atoms with Crippen molar-refractivity contribution in [2.24, 2.45) is 0 Å². The van der Waals surface area contributed by atoms with Gasteiger partial charge in [0.2, 0.25) is 0 Å². The molecule has 3 nitrogen and oxygen atoms in total. The number of carbonyl (C=O) groups is 1. The van der Waals surface area contributed by atoms with E-state index in [2.05, 4.69) is 51.8 Å². The van der Waals surface area contributed by atoms with Crippen molar-refractivity contribution in [3.8, 4) is 11.3 Å². The Kier molecular flexibility index (Phi) is 4.43. The highest BCUT2D eigenvalue weighted by Crippen LogP contribution is 2.24. The van der Waals surface area contributed by atoms with Crippen molar-refractivity contribution in [1.29, 1.82) is 0 Å². The number of hydrogen-bond donors (Lipinski definition) is 1. The van der Waals surface area contributed by atoms with Crippen LogP contribution in [0.3, 0.4) is 0 Å². The first-order chi connectivity index (χ1) is 9.06. The van der Waals surface area contributed by atoms with Gasteiger partial charge < -0.3 is 9.67 Å². The van der Waals surface area contributed by atoms with E-state index in [0.29, 0.717) is 6.42 Å². The highest BCUT2D eigenvalue weighted by Gasteiger charge is 2.07. The lowest BCUT2D eigenvalue weighted by Gasteiger charge is -2.08. The lowest BCUT2D eigenvalue weighted by Crippen LogP contribution is -2.02. The molecule has 0 unspecified atom stereocenters. The summed E-state index contributed by atoms with van der Waals surface area (Å²) in [7, 11) is 0. The van der Waals surface area contributed by atoms with Gasteiger partial charge >= 0.3 is 5.97 Å². The fourth-order valence-electron chi connectivity index (χ4n) is 2.11. The maximum atomic E-state index is 10.6. The summed E-state index contributed by atoms with van der Waals surface area (Å²) in [5.41, 5.74) is 3.47. The van der Waals surface area contributed by atoms with Crippen molar-refractivity contribution in [3.05, 3.63) is 46.6 Å². The number of benzene rings is 1. The van der Waals surface area contributed by atoms with Crippen LogP contribution in [-0.4, -0.2) is 15.6 Å². The Labute approximate surface area is 121 Å². The standard InChI is InChI=1S/C15H16BrNO2/c1-11-9-14(12-4-6-13(16)7-5-12)17(10-11)8-2-3-15(18)19/h4-7,9-10H,2-3,8H2,1H3,(H,18,19). The third kappa shape index (κ3) is 3.70. The number of hydrogen-bond acceptors (Lipinski definition) is 1. The maximum absolute atomic E-state index is 10.6. The second-order valence-electron chi connectivity index (χ2n) is 4.60. The van der Waals surface area contributed by atoms with Gasteiger partial charge in [-0.1, -0.05) is 28.1 Å². The lowest BCUT2D eigenvalue weighted by atomic mass is 10.1. The van der Waals surface area contributed by atoms with Crippen molar-refractivity contribution in [2.75, 3.05) is 0 Å².